The maximum Gasteiger partial charge on any atom is 0.123 e. The third-order valence-corrected chi connectivity index (χ3v) is 3.19. The second kappa shape index (κ2) is 5.48. The number of halogens is 2. The quantitative estimate of drug-likeness (QED) is 0.659. The zero-order valence-corrected chi connectivity index (χ0v) is 10.7. The molecule has 0 aliphatic heterocycles. The smallest absolute Gasteiger partial charge is 0.123 e. The average Bonchev–Trinajstić information content (AvgIpc) is 2.37. The summed E-state index contributed by atoms with van der Waals surface area (Å²) in [6, 6.07) is 11.8. The van der Waals surface area contributed by atoms with Crippen LogP contribution in [0.4, 0.5) is 4.39 Å². The zero-order chi connectivity index (χ0) is 13.1. The van der Waals surface area contributed by atoms with E-state index in [0.717, 1.165) is 11.1 Å². The minimum Gasteiger partial charge on any atom is -0.271 e. The van der Waals surface area contributed by atoms with Gasteiger partial charge in [-0.3, -0.25) is 5.84 Å². The van der Waals surface area contributed by atoms with E-state index in [9.17, 15) is 4.39 Å². The summed E-state index contributed by atoms with van der Waals surface area (Å²) in [5.41, 5.74) is 5.39. The number of benzene rings is 2. The second-order valence-electron chi connectivity index (χ2n) is 4.18. The SMILES string of the molecule is Cc1ccc(C(NN)c2cc(F)ccc2Cl)cc1. The Morgan fingerprint density at radius 2 is 1.83 bits per heavy atom. The van der Waals surface area contributed by atoms with Crippen LogP contribution in [-0.4, -0.2) is 0 Å². The number of nitrogens with two attached hydrogens (primary N) is 1. The molecule has 0 fully saturated rings. The predicted octanol–water partition coefficient (Wildman–Crippen LogP) is 3.34. The number of hydrazine groups is 1. The molecule has 2 rings (SSSR count). The van der Waals surface area contributed by atoms with E-state index in [1.807, 2.05) is 31.2 Å². The van der Waals surface area contributed by atoms with Crippen LogP contribution < -0.4 is 11.3 Å². The van der Waals surface area contributed by atoms with E-state index >= 15 is 0 Å². The van der Waals surface area contributed by atoms with Crippen molar-refractivity contribution in [3.8, 4) is 0 Å². The first kappa shape index (κ1) is 13.0. The molecule has 0 amide bonds. The molecular weight excluding hydrogens is 251 g/mol. The van der Waals surface area contributed by atoms with Crippen molar-refractivity contribution in [1.29, 1.82) is 0 Å². The maximum absolute atomic E-state index is 13.3. The Balaban J connectivity index is 2.44. The minimum absolute atomic E-state index is 0.325. The van der Waals surface area contributed by atoms with Gasteiger partial charge in [0.2, 0.25) is 0 Å². The van der Waals surface area contributed by atoms with Gasteiger partial charge in [-0.2, -0.15) is 0 Å². The molecule has 0 spiro atoms. The lowest BCUT2D eigenvalue weighted by atomic mass is 9.98. The summed E-state index contributed by atoms with van der Waals surface area (Å²) in [5, 5.41) is 0.486. The molecule has 0 radical (unpaired) electrons. The highest BCUT2D eigenvalue weighted by molar-refractivity contribution is 6.31. The molecule has 0 saturated carbocycles. The van der Waals surface area contributed by atoms with E-state index in [4.69, 9.17) is 17.4 Å². The molecule has 3 N–H and O–H groups in total. The summed E-state index contributed by atoms with van der Waals surface area (Å²) in [5.74, 6) is 5.23. The third-order valence-electron chi connectivity index (χ3n) is 2.85. The lowest BCUT2D eigenvalue weighted by Gasteiger charge is -2.18. The fourth-order valence-corrected chi connectivity index (χ4v) is 2.09. The molecule has 0 aliphatic rings. The number of hydrogen-bond acceptors (Lipinski definition) is 2. The molecule has 2 aromatic carbocycles. The second-order valence-corrected chi connectivity index (χ2v) is 4.58. The van der Waals surface area contributed by atoms with Gasteiger partial charge in [0.15, 0.2) is 0 Å². The summed E-state index contributed by atoms with van der Waals surface area (Å²) in [6.07, 6.45) is 0. The van der Waals surface area contributed by atoms with E-state index in [-0.39, 0.29) is 11.9 Å². The molecule has 0 saturated heterocycles. The summed E-state index contributed by atoms with van der Waals surface area (Å²) in [7, 11) is 0. The number of rotatable bonds is 3. The van der Waals surface area contributed by atoms with Crippen molar-refractivity contribution in [2.24, 2.45) is 5.84 Å². The van der Waals surface area contributed by atoms with Gasteiger partial charge in [-0.05, 0) is 36.2 Å². The van der Waals surface area contributed by atoms with Gasteiger partial charge in [0.25, 0.3) is 0 Å². The van der Waals surface area contributed by atoms with Crippen molar-refractivity contribution < 1.29 is 4.39 Å². The highest BCUT2D eigenvalue weighted by Gasteiger charge is 2.16. The predicted molar refractivity (Wildman–Crippen MR) is 71.8 cm³/mol. The molecule has 94 valence electrons. The summed E-state index contributed by atoms with van der Waals surface area (Å²) in [6.45, 7) is 2.00. The molecule has 18 heavy (non-hydrogen) atoms. The number of aryl methyl sites for hydroxylation is 1. The van der Waals surface area contributed by atoms with Crippen LogP contribution in [-0.2, 0) is 0 Å². The van der Waals surface area contributed by atoms with Crippen molar-refractivity contribution in [2.45, 2.75) is 13.0 Å². The Bertz CT molecular complexity index is 540. The third kappa shape index (κ3) is 2.70. The van der Waals surface area contributed by atoms with Crippen molar-refractivity contribution in [3.63, 3.8) is 0 Å². The average molecular weight is 265 g/mol. The first-order valence-electron chi connectivity index (χ1n) is 5.59. The highest BCUT2D eigenvalue weighted by atomic mass is 35.5. The van der Waals surface area contributed by atoms with Gasteiger partial charge < -0.3 is 0 Å². The van der Waals surface area contributed by atoms with Gasteiger partial charge in [0.1, 0.15) is 5.82 Å². The van der Waals surface area contributed by atoms with Gasteiger partial charge in [-0.15, -0.1) is 0 Å². The molecule has 2 nitrogen and oxygen atoms in total. The van der Waals surface area contributed by atoms with Crippen molar-refractivity contribution >= 4 is 11.6 Å². The molecule has 1 unspecified atom stereocenters. The summed E-state index contributed by atoms with van der Waals surface area (Å²) in [4.78, 5) is 0. The largest absolute Gasteiger partial charge is 0.271 e. The van der Waals surface area contributed by atoms with E-state index in [1.54, 1.807) is 0 Å². The molecule has 0 bridgehead atoms. The lowest BCUT2D eigenvalue weighted by molar-refractivity contribution is 0.605. The van der Waals surface area contributed by atoms with Gasteiger partial charge in [-0.1, -0.05) is 41.4 Å². The molecule has 1 atom stereocenters. The number of hydrogen-bond donors (Lipinski definition) is 2. The lowest BCUT2D eigenvalue weighted by Crippen LogP contribution is -2.29. The Labute approximate surface area is 111 Å². The Hall–Kier alpha value is -1.42. The summed E-state index contributed by atoms with van der Waals surface area (Å²) >= 11 is 6.09. The monoisotopic (exact) mass is 264 g/mol. The summed E-state index contributed by atoms with van der Waals surface area (Å²) < 4.78 is 13.3. The Morgan fingerprint density at radius 1 is 1.17 bits per heavy atom. The first-order chi connectivity index (χ1) is 8.61. The Morgan fingerprint density at radius 3 is 2.44 bits per heavy atom. The minimum atomic E-state index is -0.332. The fourth-order valence-electron chi connectivity index (χ4n) is 1.86. The molecular formula is C14H14ClFN2. The van der Waals surface area contributed by atoms with Crippen molar-refractivity contribution in [3.05, 3.63) is 70.0 Å². The standard InChI is InChI=1S/C14H14ClFN2/c1-9-2-4-10(5-3-9)14(18-17)12-8-11(16)6-7-13(12)15/h2-8,14,18H,17H2,1H3. The normalized spacial score (nSPS) is 12.4. The molecule has 0 aromatic heterocycles. The van der Waals surface area contributed by atoms with E-state index in [0.29, 0.717) is 10.6 Å². The highest BCUT2D eigenvalue weighted by Crippen LogP contribution is 2.28. The van der Waals surface area contributed by atoms with E-state index in [2.05, 4.69) is 5.43 Å². The molecule has 0 heterocycles. The van der Waals surface area contributed by atoms with E-state index < -0.39 is 0 Å². The fraction of sp³-hybridized carbons (Fsp3) is 0.143. The van der Waals surface area contributed by atoms with Gasteiger partial charge in [0, 0.05) is 5.02 Å². The van der Waals surface area contributed by atoms with Crippen LogP contribution >= 0.6 is 11.6 Å². The van der Waals surface area contributed by atoms with Crippen molar-refractivity contribution in [1.82, 2.24) is 5.43 Å². The van der Waals surface area contributed by atoms with Gasteiger partial charge >= 0.3 is 0 Å². The van der Waals surface area contributed by atoms with E-state index in [1.165, 1.54) is 18.2 Å². The van der Waals surface area contributed by atoms with Crippen LogP contribution in [0.3, 0.4) is 0 Å². The van der Waals surface area contributed by atoms with Crippen LogP contribution in [0.2, 0.25) is 5.02 Å². The van der Waals surface area contributed by atoms with Crippen molar-refractivity contribution in [2.75, 3.05) is 0 Å². The van der Waals surface area contributed by atoms with Crippen LogP contribution in [0.25, 0.3) is 0 Å². The maximum atomic E-state index is 13.3. The zero-order valence-electron chi connectivity index (χ0n) is 9.95. The molecule has 0 aliphatic carbocycles. The molecule has 2 aromatic rings. The number of nitrogens with one attached hydrogen (secondary N) is 1. The van der Waals surface area contributed by atoms with Gasteiger partial charge in [-0.25, -0.2) is 9.82 Å². The van der Waals surface area contributed by atoms with Crippen LogP contribution in [0, 0.1) is 12.7 Å². The van der Waals surface area contributed by atoms with Gasteiger partial charge in [0.05, 0.1) is 6.04 Å². The van der Waals surface area contributed by atoms with Crippen LogP contribution in [0.5, 0.6) is 0 Å². The molecule has 4 heteroatoms. The first-order valence-corrected chi connectivity index (χ1v) is 5.97. The van der Waals surface area contributed by atoms with Crippen LogP contribution in [0.1, 0.15) is 22.7 Å². The van der Waals surface area contributed by atoms with Crippen LogP contribution in [0.15, 0.2) is 42.5 Å². The topological polar surface area (TPSA) is 38.0 Å². The Kier molecular flexibility index (Phi) is 3.97.